The van der Waals surface area contributed by atoms with Gasteiger partial charge in [0.05, 0.1) is 64.7 Å². The molecule has 0 unspecified atom stereocenters. The number of anilines is 1. The number of pyridine rings is 3. The summed E-state index contributed by atoms with van der Waals surface area (Å²) in [6.45, 7) is 31.8. The number of aromatic hydroxyl groups is 2. The van der Waals surface area contributed by atoms with Crippen molar-refractivity contribution in [3.05, 3.63) is 121 Å². The highest BCUT2D eigenvalue weighted by molar-refractivity contribution is 8.13. The molecule has 0 atom stereocenters. The number of fused-ring (bicyclic) bond motifs is 3. The van der Waals surface area contributed by atoms with Crippen molar-refractivity contribution >= 4 is 139 Å². The predicted octanol–water partition coefficient (Wildman–Crippen LogP) is 11.4. The third kappa shape index (κ3) is 34.9. The van der Waals surface area contributed by atoms with Crippen molar-refractivity contribution in [1.29, 1.82) is 5.26 Å². The van der Waals surface area contributed by atoms with Crippen molar-refractivity contribution in [2.75, 3.05) is 18.9 Å². The van der Waals surface area contributed by atoms with Crippen LogP contribution in [0.3, 0.4) is 0 Å². The SMILES string of the molecule is C/C=C(/C#N)C(=O)OCC.CC(C)NN.CC(C)n1ncc2c(Cl)cc(Cl)nc21.CC(C)n1ncc2c(O)cc(=O)[nH]c21.CCCC(=O)OCC.CCc1c(O)c2cnn(C(C)C)c2[nH]c1=O.CCc1cnn(C(C)C)c1N.Cl.O=C=O.O=C=O.O=C=O.O=P(Cl)(Cl)c1ccccc1. The number of aryl methyl sites for hydroxylation is 1. The molecular weight excluding hydrogens is 1400 g/mol. The Hall–Kier alpha value is -8.80. The molecule has 7 aromatic heterocycles. The molecule has 0 aliphatic carbocycles. The number of ether oxygens (including phenoxy) is 2. The second-order valence-corrected chi connectivity index (χ2v) is 25.9. The Balaban J connectivity index is -0.000000513. The normalized spacial score (nSPS) is 10.0. The standard InChI is InChI=1S/C11H15N3O2.C9H9Cl2N3.C9H11N3O2.C8H15N3.C7H9NO2.C6H5Cl2OP.C6H12O2.C3H10N2.3CO2.ClH/c1-4-7-9(15)8-5-12-14(6(2)3)10(8)13-11(7)16;1-5(2)14-9-6(4-12-14)7(10)3-8(11)13-9;1-5(2)12-9-6(4-10-12)7(13)3-8(14)11-9;1-4-7-5-10-11(6(2)3)8(7)9;1-3-6(5-8)7(9)10-4-2;7-10(8,9)6-4-2-1-3-5-6;1-3-5-6(7)8-4-2;1-3(2)5-4;3*2-1-3;/h5-6H,4H2,1-3H3,(H2,13,15,16);3-5H,1-2H3;3-5H,1-2H3,(H2,11,13,14);5-6H,4,9H2,1-3H3;3H,4H2,1-2H3;1-5H;3-5H2,1-2H3;3,5H,4H2,1-2H3;;;;1H/b;;;;6-3-;;;;;;;. The van der Waals surface area contributed by atoms with E-state index in [0.717, 1.165) is 41.3 Å². The van der Waals surface area contributed by atoms with Gasteiger partial charge in [0, 0.05) is 53.6 Å². The summed E-state index contributed by atoms with van der Waals surface area (Å²) in [6, 6.07) is 14.4. The van der Waals surface area contributed by atoms with Gasteiger partial charge in [0.1, 0.15) is 45.4 Å². The Morgan fingerprint density at radius 3 is 1.53 bits per heavy atom. The van der Waals surface area contributed by atoms with Crippen LogP contribution in [0.15, 0.2) is 88.5 Å². The van der Waals surface area contributed by atoms with Crippen LogP contribution in [0.2, 0.25) is 10.2 Å². The van der Waals surface area contributed by atoms with Crippen LogP contribution in [0.1, 0.15) is 159 Å². The molecule has 0 aliphatic rings. The van der Waals surface area contributed by atoms with Gasteiger partial charge < -0.3 is 35.4 Å². The van der Waals surface area contributed by atoms with Gasteiger partial charge in [-0.1, -0.05) is 68.2 Å². The van der Waals surface area contributed by atoms with E-state index >= 15 is 0 Å². The van der Waals surface area contributed by atoms with Crippen molar-refractivity contribution in [2.45, 2.75) is 167 Å². The molecule has 30 nitrogen and oxygen atoms in total. The van der Waals surface area contributed by atoms with Crippen LogP contribution in [-0.4, -0.2) is 114 Å². The average molecular weight is 1490 g/mol. The van der Waals surface area contributed by atoms with E-state index in [1.165, 1.54) is 6.08 Å². The quantitative estimate of drug-likeness (QED) is 0.0107. The first kappa shape index (κ1) is 95.6. The zero-order valence-corrected chi connectivity index (χ0v) is 62.0. The van der Waals surface area contributed by atoms with Crippen LogP contribution in [0.25, 0.3) is 33.1 Å². The van der Waals surface area contributed by atoms with Crippen LogP contribution >= 0.6 is 63.9 Å². The summed E-state index contributed by atoms with van der Waals surface area (Å²) in [7, 11) is 0. The molecule has 0 saturated heterocycles. The number of nitriles is 1. The number of nitrogens with two attached hydrogens (primary N) is 2. The Kier molecular flexibility index (Phi) is 51.1. The second-order valence-electron chi connectivity index (χ2n) is 20.3. The van der Waals surface area contributed by atoms with E-state index in [4.69, 9.17) is 91.3 Å². The first-order valence-electron chi connectivity index (χ1n) is 29.6. The Morgan fingerprint density at radius 2 is 1.15 bits per heavy atom. The van der Waals surface area contributed by atoms with Crippen molar-refractivity contribution in [3.8, 4) is 17.6 Å². The fourth-order valence-electron chi connectivity index (χ4n) is 7.15. The zero-order valence-electron chi connectivity index (χ0n) is 57.3. The van der Waals surface area contributed by atoms with Gasteiger partial charge in [0.15, 0.2) is 5.65 Å². The van der Waals surface area contributed by atoms with Crippen molar-refractivity contribution < 1.29 is 62.6 Å². The number of H-pyrrole nitrogens is 2. The highest BCUT2D eigenvalue weighted by Gasteiger charge is 2.17. The van der Waals surface area contributed by atoms with E-state index in [9.17, 15) is 34.0 Å². The molecule has 0 spiro atoms. The molecule has 8 aromatic rings. The van der Waals surface area contributed by atoms with Gasteiger partial charge in [-0.3, -0.25) is 30.2 Å². The van der Waals surface area contributed by atoms with E-state index in [1.807, 2.05) is 93.1 Å². The Labute approximate surface area is 592 Å². The van der Waals surface area contributed by atoms with Gasteiger partial charge in [-0.15, -0.1) is 12.4 Å². The van der Waals surface area contributed by atoms with E-state index in [0.29, 0.717) is 81.2 Å². The van der Waals surface area contributed by atoms with E-state index < -0.39 is 11.8 Å². The molecule has 36 heteroatoms. The third-order valence-electron chi connectivity index (χ3n) is 11.6. The smallest absolute Gasteiger partial charge is 0.373 e. The van der Waals surface area contributed by atoms with Crippen LogP contribution in [-0.2, 0) is 65.2 Å². The number of esters is 2. The molecule has 0 radical (unpaired) electrons. The van der Waals surface area contributed by atoms with Crippen LogP contribution in [0.5, 0.6) is 11.5 Å². The molecule has 0 bridgehead atoms. The maximum absolute atomic E-state index is 11.7. The minimum Gasteiger partial charge on any atom is -0.507 e. The maximum atomic E-state index is 11.7. The number of nitrogens with zero attached hydrogens (tertiary/aromatic N) is 10. The lowest BCUT2D eigenvalue weighted by Crippen LogP contribution is -2.29. The van der Waals surface area contributed by atoms with Crippen molar-refractivity contribution in [2.24, 2.45) is 5.84 Å². The second kappa shape index (κ2) is 52.3. The zero-order chi connectivity index (χ0) is 75.3. The minimum absolute atomic E-state index is 0. The molecule has 98 heavy (non-hydrogen) atoms. The molecule has 540 valence electrons. The summed E-state index contributed by atoms with van der Waals surface area (Å²) in [5.74, 6) is 2.04. The molecule has 7 heterocycles. The number of nitrogens with one attached hydrogen (secondary N) is 3. The lowest BCUT2D eigenvalue weighted by Gasteiger charge is -2.07. The van der Waals surface area contributed by atoms with Gasteiger partial charge in [-0.05, 0) is 150 Å². The van der Waals surface area contributed by atoms with E-state index in [-0.39, 0.29) is 83.1 Å². The number of rotatable bonds is 13. The predicted molar refractivity (Wildman–Crippen MR) is 376 cm³/mol. The molecule has 0 fully saturated rings. The average Bonchev–Trinajstić information content (AvgIpc) is 1.62. The summed E-state index contributed by atoms with van der Waals surface area (Å²) in [4.78, 5) is 102. The third-order valence-corrected chi connectivity index (χ3v) is 14.1. The lowest BCUT2D eigenvalue weighted by atomic mass is 10.1. The van der Waals surface area contributed by atoms with Crippen molar-refractivity contribution in [3.63, 3.8) is 0 Å². The number of hydrogen-bond acceptors (Lipinski definition) is 24. The number of nitrogen functional groups attached to an aromatic ring is 1. The number of hydrazine groups is 1. The molecular formula is C62H87Cl5N15O15P. The highest BCUT2D eigenvalue weighted by atomic mass is 35.9. The van der Waals surface area contributed by atoms with E-state index in [2.05, 4.69) is 71.0 Å². The van der Waals surface area contributed by atoms with Crippen LogP contribution in [0, 0.1) is 11.3 Å². The largest absolute Gasteiger partial charge is 0.507 e. The van der Waals surface area contributed by atoms with Gasteiger partial charge >= 0.3 is 30.4 Å². The molecule has 0 amide bonds. The summed E-state index contributed by atoms with van der Waals surface area (Å²) in [5.41, 5.74) is 11.3. The summed E-state index contributed by atoms with van der Waals surface area (Å²) >= 11 is 22.6. The number of benzene rings is 1. The topological polar surface area (TPSA) is 450 Å². The summed E-state index contributed by atoms with van der Waals surface area (Å²) in [5, 5.41) is 47.8. The molecule has 1 aromatic carbocycles. The Bertz CT molecular complexity index is 3970. The number of carbonyl (C=O) groups excluding carboxylic acids is 8. The van der Waals surface area contributed by atoms with E-state index in [1.54, 1.807) is 82.9 Å². The molecule has 0 aliphatic heterocycles. The van der Waals surface area contributed by atoms with Gasteiger partial charge in [-0.2, -0.15) is 54.4 Å². The molecule has 8 rings (SSSR count). The number of allylic oxidation sites excluding steroid dienone is 1. The summed E-state index contributed by atoms with van der Waals surface area (Å²) < 4.78 is 27.1. The number of halogens is 5. The number of aromatic amines is 2. The number of hydrogen-bond donors (Lipinski definition) is 7. The minimum atomic E-state index is -3.07. The van der Waals surface area contributed by atoms with Gasteiger partial charge in [0.2, 0.25) is 0 Å². The first-order valence-corrected chi connectivity index (χ1v) is 33.9. The summed E-state index contributed by atoms with van der Waals surface area (Å²) in [6.07, 6.45) is 11.7. The number of carbonyl (C=O) groups is 2. The fraction of sp³-hybridized carbons (Fsp3) is 0.435. The highest BCUT2D eigenvalue weighted by Crippen LogP contribution is 2.55. The first-order chi connectivity index (χ1) is 45.6. The van der Waals surface area contributed by atoms with Crippen LogP contribution in [0.4, 0.5) is 5.82 Å². The van der Waals surface area contributed by atoms with Crippen molar-refractivity contribution in [1.82, 2.24) is 59.5 Å². The monoisotopic (exact) mass is 1490 g/mol. The van der Waals surface area contributed by atoms with Gasteiger partial charge in [-0.25, -0.2) is 28.5 Å². The fourth-order valence-corrected chi connectivity index (χ4v) is 8.83. The number of aromatic nitrogens is 11. The maximum Gasteiger partial charge on any atom is 0.373 e. The lowest BCUT2D eigenvalue weighted by molar-refractivity contribution is -0.193. The Morgan fingerprint density at radius 1 is 0.704 bits per heavy atom. The molecule has 9 N–H and O–H groups in total. The molecule has 0 saturated carbocycles. The van der Waals surface area contributed by atoms with Crippen LogP contribution < -0.4 is 33.4 Å². The van der Waals surface area contributed by atoms with Gasteiger partial charge in [0.25, 0.3) is 17.0 Å².